The highest BCUT2D eigenvalue weighted by molar-refractivity contribution is 6.32. The molecule has 13 heavy (non-hydrogen) atoms. The van der Waals surface area contributed by atoms with Crippen LogP contribution in [0.5, 0.6) is 0 Å². The Labute approximate surface area is 81.0 Å². The molecule has 0 atom stereocenters. The summed E-state index contributed by atoms with van der Waals surface area (Å²) in [5.74, 6) is 0.576. The van der Waals surface area contributed by atoms with Gasteiger partial charge in [0.2, 0.25) is 5.82 Å². The summed E-state index contributed by atoms with van der Waals surface area (Å²) in [6.45, 7) is 0. The molecule has 0 bridgehead atoms. The third kappa shape index (κ3) is 1.83. The molecule has 1 aromatic rings. The summed E-state index contributed by atoms with van der Waals surface area (Å²) in [5, 5.41) is 16.0. The third-order valence-corrected chi connectivity index (χ3v) is 2.50. The van der Waals surface area contributed by atoms with Gasteiger partial charge in [-0.15, -0.1) is 20.4 Å². The van der Waals surface area contributed by atoms with Gasteiger partial charge in [0.15, 0.2) is 6.33 Å². The fourth-order valence-corrected chi connectivity index (χ4v) is 1.74. The van der Waals surface area contributed by atoms with Crippen LogP contribution in [0.4, 0.5) is 0 Å². The summed E-state index contributed by atoms with van der Waals surface area (Å²) in [5.41, 5.74) is 1.01. The van der Waals surface area contributed by atoms with Crippen molar-refractivity contribution < 1.29 is 0 Å². The SMILES string of the molecule is ClC1=C(c2nncnn2)CCCC1. The van der Waals surface area contributed by atoms with Crippen molar-refractivity contribution in [2.24, 2.45) is 0 Å². The minimum absolute atomic E-state index is 0.576. The van der Waals surface area contributed by atoms with Gasteiger partial charge < -0.3 is 0 Å². The molecule has 1 aliphatic carbocycles. The highest BCUT2D eigenvalue weighted by atomic mass is 35.5. The van der Waals surface area contributed by atoms with Gasteiger partial charge in [-0.05, 0) is 25.7 Å². The second kappa shape index (κ2) is 3.79. The molecule has 2 rings (SSSR count). The van der Waals surface area contributed by atoms with E-state index in [0.717, 1.165) is 36.3 Å². The predicted octanol–water partition coefficient (Wildman–Crippen LogP) is 1.79. The molecule has 0 aromatic carbocycles. The quantitative estimate of drug-likeness (QED) is 0.687. The van der Waals surface area contributed by atoms with Crippen molar-refractivity contribution in [3.63, 3.8) is 0 Å². The number of hydrogen-bond acceptors (Lipinski definition) is 4. The van der Waals surface area contributed by atoms with Crippen molar-refractivity contribution in [1.29, 1.82) is 0 Å². The highest BCUT2D eigenvalue weighted by Crippen LogP contribution is 2.31. The number of nitrogens with zero attached hydrogens (tertiary/aromatic N) is 4. The molecule has 1 aliphatic rings. The lowest BCUT2D eigenvalue weighted by Gasteiger charge is -2.13. The molecule has 1 aromatic heterocycles. The van der Waals surface area contributed by atoms with Gasteiger partial charge in [-0.2, -0.15) is 0 Å². The maximum atomic E-state index is 6.06. The Kier molecular flexibility index (Phi) is 2.49. The van der Waals surface area contributed by atoms with Crippen LogP contribution in [0, 0.1) is 0 Å². The molecule has 4 nitrogen and oxygen atoms in total. The van der Waals surface area contributed by atoms with Crippen molar-refractivity contribution in [3.8, 4) is 0 Å². The lowest BCUT2D eigenvalue weighted by atomic mass is 9.99. The summed E-state index contributed by atoms with van der Waals surface area (Å²) in [7, 11) is 0. The van der Waals surface area contributed by atoms with Crippen LogP contribution in [0.3, 0.4) is 0 Å². The maximum Gasteiger partial charge on any atom is 0.200 e. The fourth-order valence-electron chi connectivity index (χ4n) is 1.43. The molecule has 68 valence electrons. The highest BCUT2D eigenvalue weighted by Gasteiger charge is 2.15. The average molecular weight is 197 g/mol. The van der Waals surface area contributed by atoms with Crippen molar-refractivity contribution in [2.75, 3.05) is 0 Å². The first kappa shape index (κ1) is 8.56. The summed E-state index contributed by atoms with van der Waals surface area (Å²) in [4.78, 5) is 0. The second-order valence-electron chi connectivity index (χ2n) is 2.96. The molecular formula is C8H9ClN4. The van der Waals surface area contributed by atoms with E-state index in [1.807, 2.05) is 0 Å². The van der Waals surface area contributed by atoms with Crippen LogP contribution in [0.25, 0.3) is 5.57 Å². The summed E-state index contributed by atoms with van der Waals surface area (Å²) >= 11 is 6.06. The summed E-state index contributed by atoms with van der Waals surface area (Å²) in [6.07, 6.45) is 5.47. The standard InChI is InChI=1S/C8H9ClN4/c9-7-4-2-1-3-6(7)8-12-10-5-11-13-8/h5H,1-4H2. The van der Waals surface area contributed by atoms with E-state index in [0.29, 0.717) is 5.82 Å². The van der Waals surface area contributed by atoms with E-state index in [4.69, 9.17) is 11.6 Å². The first-order valence-corrected chi connectivity index (χ1v) is 4.64. The predicted molar refractivity (Wildman–Crippen MR) is 48.9 cm³/mol. The van der Waals surface area contributed by atoms with Gasteiger partial charge in [-0.1, -0.05) is 11.6 Å². The van der Waals surface area contributed by atoms with E-state index in [9.17, 15) is 0 Å². The molecule has 5 heteroatoms. The van der Waals surface area contributed by atoms with Crippen molar-refractivity contribution in [3.05, 3.63) is 17.2 Å². The molecule has 0 radical (unpaired) electrons. The third-order valence-electron chi connectivity index (χ3n) is 2.08. The van der Waals surface area contributed by atoms with Crippen LogP contribution >= 0.6 is 11.6 Å². The summed E-state index contributed by atoms with van der Waals surface area (Å²) in [6, 6.07) is 0. The largest absolute Gasteiger partial charge is 0.200 e. The van der Waals surface area contributed by atoms with Gasteiger partial charge >= 0.3 is 0 Å². The second-order valence-corrected chi connectivity index (χ2v) is 3.42. The van der Waals surface area contributed by atoms with E-state index in [2.05, 4.69) is 20.4 Å². The van der Waals surface area contributed by atoms with Crippen LogP contribution in [-0.2, 0) is 0 Å². The topological polar surface area (TPSA) is 51.6 Å². The number of halogens is 1. The van der Waals surface area contributed by atoms with Crippen LogP contribution in [-0.4, -0.2) is 20.4 Å². The smallest absolute Gasteiger partial charge is 0.135 e. The fraction of sp³-hybridized carbons (Fsp3) is 0.500. The van der Waals surface area contributed by atoms with Gasteiger partial charge in [0.25, 0.3) is 0 Å². The lowest BCUT2D eigenvalue weighted by molar-refractivity contribution is 0.718. The lowest BCUT2D eigenvalue weighted by Crippen LogP contribution is -2.02. The molecule has 0 aliphatic heterocycles. The van der Waals surface area contributed by atoms with E-state index >= 15 is 0 Å². The van der Waals surface area contributed by atoms with Gasteiger partial charge in [-0.25, -0.2) is 0 Å². The molecule has 0 N–H and O–H groups in total. The molecule has 0 saturated heterocycles. The Morgan fingerprint density at radius 3 is 2.46 bits per heavy atom. The van der Waals surface area contributed by atoms with Crippen LogP contribution in [0.2, 0.25) is 0 Å². The molecule has 1 heterocycles. The monoisotopic (exact) mass is 196 g/mol. The van der Waals surface area contributed by atoms with Crippen LogP contribution < -0.4 is 0 Å². The molecule has 0 spiro atoms. The Morgan fingerprint density at radius 1 is 1.08 bits per heavy atom. The van der Waals surface area contributed by atoms with E-state index in [1.165, 1.54) is 6.33 Å². The van der Waals surface area contributed by atoms with E-state index in [1.54, 1.807) is 0 Å². The molecule has 0 amide bonds. The number of aromatic nitrogens is 4. The first-order chi connectivity index (χ1) is 6.38. The number of hydrogen-bond donors (Lipinski definition) is 0. The normalized spacial score (nSPS) is 17.6. The molecule has 0 saturated carbocycles. The van der Waals surface area contributed by atoms with Gasteiger partial charge in [0, 0.05) is 10.6 Å². The molecular weight excluding hydrogens is 188 g/mol. The van der Waals surface area contributed by atoms with E-state index < -0.39 is 0 Å². The zero-order valence-corrected chi connectivity index (χ0v) is 7.83. The Balaban J connectivity index is 2.35. The van der Waals surface area contributed by atoms with Crippen molar-refractivity contribution >= 4 is 17.2 Å². The van der Waals surface area contributed by atoms with Crippen molar-refractivity contribution in [2.45, 2.75) is 25.7 Å². The number of allylic oxidation sites excluding steroid dienone is 2. The Morgan fingerprint density at radius 2 is 1.77 bits per heavy atom. The Hall–Kier alpha value is -1.03. The van der Waals surface area contributed by atoms with Gasteiger partial charge in [-0.3, -0.25) is 0 Å². The van der Waals surface area contributed by atoms with Gasteiger partial charge in [0.1, 0.15) is 0 Å². The zero-order valence-electron chi connectivity index (χ0n) is 7.07. The minimum Gasteiger partial charge on any atom is -0.135 e. The molecule has 0 fully saturated rings. The molecule has 0 unspecified atom stereocenters. The van der Waals surface area contributed by atoms with Crippen molar-refractivity contribution in [1.82, 2.24) is 20.4 Å². The number of rotatable bonds is 1. The first-order valence-electron chi connectivity index (χ1n) is 4.26. The zero-order chi connectivity index (χ0) is 9.10. The van der Waals surface area contributed by atoms with Crippen LogP contribution in [0.15, 0.2) is 11.4 Å². The van der Waals surface area contributed by atoms with E-state index in [-0.39, 0.29) is 0 Å². The average Bonchev–Trinajstić information content (AvgIpc) is 2.20. The summed E-state index contributed by atoms with van der Waals surface area (Å²) < 4.78 is 0. The minimum atomic E-state index is 0.576. The van der Waals surface area contributed by atoms with Crippen LogP contribution in [0.1, 0.15) is 31.5 Å². The Bertz CT molecular complexity index is 322. The van der Waals surface area contributed by atoms with Gasteiger partial charge in [0.05, 0.1) is 0 Å². The maximum absolute atomic E-state index is 6.06.